The van der Waals surface area contributed by atoms with Crippen molar-refractivity contribution in [2.75, 3.05) is 24.4 Å². The van der Waals surface area contributed by atoms with Gasteiger partial charge in [0.05, 0.1) is 30.9 Å². The van der Waals surface area contributed by atoms with E-state index in [-0.39, 0.29) is 24.8 Å². The van der Waals surface area contributed by atoms with E-state index in [9.17, 15) is 18.8 Å². The number of nitrogens with one attached hydrogen (secondary N) is 2. The molecule has 0 spiro atoms. The van der Waals surface area contributed by atoms with Crippen molar-refractivity contribution in [1.29, 1.82) is 0 Å². The summed E-state index contributed by atoms with van der Waals surface area (Å²) in [5, 5.41) is 10.1. The molecule has 36 heavy (non-hydrogen) atoms. The quantitative estimate of drug-likeness (QED) is 0.321. The molecule has 1 aromatic heterocycles. The summed E-state index contributed by atoms with van der Waals surface area (Å²) in [4.78, 5) is 37.5. The number of esters is 1. The summed E-state index contributed by atoms with van der Waals surface area (Å²) in [6, 6.07) is 11.3. The number of methoxy groups -OCH3 is 1. The Hall–Kier alpha value is -4.05. The van der Waals surface area contributed by atoms with E-state index in [0.29, 0.717) is 40.5 Å². The zero-order valence-electron chi connectivity index (χ0n) is 20.0. The molecule has 0 fully saturated rings. The molecule has 2 N–H and O–H groups in total. The molecule has 1 atom stereocenters. The summed E-state index contributed by atoms with van der Waals surface area (Å²) in [5.41, 5.74) is 2.72. The number of rotatable bonds is 10. The van der Waals surface area contributed by atoms with Crippen molar-refractivity contribution in [3.05, 3.63) is 65.6 Å². The van der Waals surface area contributed by atoms with Crippen LogP contribution in [-0.2, 0) is 25.7 Å². The van der Waals surface area contributed by atoms with Gasteiger partial charge in [0, 0.05) is 18.4 Å². The minimum absolute atomic E-state index is 0.156. The summed E-state index contributed by atoms with van der Waals surface area (Å²) >= 11 is 0. The maximum atomic E-state index is 13.4. The SMILES string of the molecule is CCCCOC(=O)c1ccc(NC(=O)CC2C(=O)Nc3c(-c4ccc(F)cc4)c(COC)nn32)cc1. The second-order valence-corrected chi connectivity index (χ2v) is 8.38. The van der Waals surface area contributed by atoms with Crippen LogP contribution in [0.5, 0.6) is 0 Å². The number of carbonyl (C=O) groups excluding carboxylic acids is 3. The van der Waals surface area contributed by atoms with Gasteiger partial charge in [-0.15, -0.1) is 0 Å². The van der Waals surface area contributed by atoms with Crippen molar-refractivity contribution in [3.63, 3.8) is 0 Å². The number of unbranched alkanes of at least 4 members (excludes halogenated alkanes) is 1. The van der Waals surface area contributed by atoms with Crippen LogP contribution in [0.25, 0.3) is 11.1 Å². The molecule has 3 aromatic rings. The fraction of sp³-hybridized carbons (Fsp3) is 0.308. The highest BCUT2D eigenvalue weighted by Crippen LogP contribution is 2.39. The Morgan fingerprint density at radius 2 is 1.86 bits per heavy atom. The topological polar surface area (TPSA) is 112 Å². The maximum absolute atomic E-state index is 13.4. The average molecular weight is 495 g/mol. The number of anilines is 2. The van der Waals surface area contributed by atoms with Gasteiger partial charge in [-0.05, 0) is 48.4 Å². The highest BCUT2D eigenvalue weighted by molar-refractivity contribution is 6.04. The number of carbonyl (C=O) groups is 3. The van der Waals surface area contributed by atoms with Gasteiger partial charge in [0.25, 0.3) is 5.91 Å². The molecule has 2 heterocycles. The lowest BCUT2D eigenvalue weighted by Gasteiger charge is -2.11. The number of nitrogens with zero attached hydrogens (tertiary/aromatic N) is 2. The Morgan fingerprint density at radius 1 is 1.14 bits per heavy atom. The molecule has 0 saturated carbocycles. The molecule has 0 aliphatic carbocycles. The molecule has 9 nitrogen and oxygen atoms in total. The number of amides is 2. The van der Waals surface area contributed by atoms with E-state index in [1.54, 1.807) is 36.4 Å². The molecule has 1 unspecified atom stereocenters. The molecule has 10 heteroatoms. The van der Waals surface area contributed by atoms with Crippen molar-refractivity contribution in [3.8, 4) is 11.1 Å². The Labute approximate surface area is 207 Å². The Morgan fingerprint density at radius 3 is 2.53 bits per heavy atom. The van der Waals surface area contributed by atoms with Gasteiger partial charge in [-0.1, -0.05) is 25.5 Å². The standard InChI is InChI=1S/C26H27FN4O5/c1-3-4-13-36-26(34)17-7-11-19(12-8-17)28-22(32)14-21-25(33)29-24-23(16-5-9-18(27)10-6-16)20(15-35-2)30-31(21)24/h5-12,21H,3-4,13-15H2,1-2H3,(H,28,32)(H,29,33). The third-order valence-corrected chi connectivity index (χ3v) is 5.75. The van der Waals surface area contributed by atoms with Gasteiger partial charge in [-0.3, -0.25) is 9.59 Å². The zero-order valence-corrected chi connectivity index (χ0v) is 20.0. The van der Waals surface area contributed by atoms with Gasteiger partial charge in [0.2, 0.25) is 5.91 Å². The molecular formula is C26H27FN4O5. The van der Waals surface area contributed by atoms with Gasteiger partial charge in [-0.2, -0.15) is 5.10 Å². The number of aromatic nitrogens is 2. The number of hydrogen-bond donors (Lipinski definition) is 2. The monoisotopic (exact) mass is 494 g/mol. The summed E-state index contributed by atoms with van der Waals surface area (Å²) in [6.07, 6.45) is 1.57. The smallest absolute Gasteiger partial charge is 0.338 e. The van der Waals surface area contributed by atoms with Crippen molar-refractivity contribution >= 4 is 29.3 Å². The van der Waals surface area contributed by atoms with Crippen LogP contribution < -0.4 is 10.6 Å². The number of hydrogen-bond acceptors (Lipinski definition) is 6. The molecule has 188 valence electrons. The normalized spacial score (nSPS) is 14.3. The average Bonchev–Trinajstić information content (AvgIpc) is 3.35. The summed E-state index contributed by atoms with van der Waals surface area (Å²) in [5.74, 6) is -1.13. The van der Waals surface area contributed by atoms with Crippen molar-refractivity contribution in [2.24, 2.45) is 0 Å². The van der Waals surface area contributed by atoms with Crippen molar-refractivity contribution in [1.82, 2.24) is 9.78 Å². The molecule has 4 rings (SSSR count). The van der Waals surface area contributed by atoms with Crippen LogP contribution >= 0.6 is 0 Å². The molecule has 1 aliphatic rings. The van der Waals surface area contributed by atoms with Crippen LogP contribution in [0, 0.1) is 5.82 Å². The first-order chi connectivity index (χ1) is 17.4. The number of fused-ring (bicyclic) bond motifs is 1. The Bertz CT molecular complexity index is 1250. The molecule has 2 aromatic carbocycles. The van der Waals surface area contributed by atoms with E-state index in [1.807, 2.05) is 6.92 Å². The van der Waals surface area contributed by atoms with E-state index in [2.05, 4.69) is 15.7 Å². The number of halogens is 1. The minimum atomic E-state index is -0.863. The molecule has 0 bridgehead atoms. The number of ether oxygens (including phenoxy) is 2. The van der Waals surface area contributed by atoms with E-state index >= 15 is 0 Å². The van der Waals surface area contributed by atoms with Crippen LogP contribution in [0.2, 0.25) is 0 Å². The van der Waals surface area contributed by atoms with E-state index < -0.39 is 17.9 Å². The van der Waals surface area contributed by atoms with Crippen LogP contribution in [-0.4, -0.2) is 41.3 Å². The summed E-state index contributed by atoms with van der Waals surface area (Å²) < 4.78 is 25.3. The molecular weight excluding hydrogens is 467 g/mol. The van der Waals surface area contributed by atoms with Crippen molar-refractivity contribution in [2.45, 2.75) is 38.8 Å². The Kier molecular flexibility index (Phi) is 7.74. The maximum Gasteiger partial charge on any atom is 0.338 e. The van der Waals surface area contributed by atoms with Crippen LogP contribution in [0.1, 0.15) is 48.3 Å². The highest BCUT2D eigenvalue weighted by atomic mass is 19.1. The fourth-order valence-corrected chi connectivity index (χ4v) is 3.94. The third kappa shape index (κ3) is 5.44. The van der Waals surface area contributed by atoms with Gasteiger partial charge in [0.1, 0.15) is 17.7 Å². The number of benzene rings is 2. The molecule has 1 aliphatic heterocycles. The van der Waals surface area contributed by atoms with Gasteiger partial charge in [0.15, 0.2) is 0 Å². The molecule has 2 amide bonds. The summed E-state index contributed by atoms with van der Waals surface area (Å²) in [6.45, 7) is 2.55. The predicted octanol–water partition coefficient (Wildman–Crippen LogP) is 4.31. The molecule has 0 radical (unpaired) electrons. The first-order valence-corrected chi connectivity index (χ1v) is 11.7. The second kappa shape index (κ2) is 11.1. The van der Waals surface area contributed by atoms with E-state index in [1.165, 1.54) is 23.9 Å². The fourth-order valence-electron chi connectivity index (χ4n) is 3.94. The lowest BCUT2D eigenvalue weighted by molar-refractivity contribution is -0.123. The largest absolute Gasteiger partial charge is 0.462 e. The van der Waals surface area contributed by atoms with Crippen LogP contribution in [0.4, 0.5) is 15.9 Å². The minimum Gasteiger partial charge on any atom is -0.462 e. The zero-order chi connectivity index (χ0) is 25.7. The first kappa shape index (κ1) is 25.1. The first-order valence-electron chi connectivity index (χ1n) is 11.7. The van der Waals surface area contributed by atoms with E-state index in [0.717, 1.165) is 12.8 Å². The lowest BCUT2D eigenvalue weighted by atomic mass is 10.1. The third-order valence-electron chi connectivity index (χ3n) is 5.75. The highest BCUT2D eigenvalue weighted by Gasteiger charge is 2.37. The van der Waals surface area contributed by atoms with Crippen molar-refractivity contribution < 1.29 is 28.2 Å². The Balaban J connectivity index is 1.47. The van der Waals surface area contributed by atoms with Crippen LogP contribution in [0.3, 0.4) is 0 Å². The van der Waals surface area contributed by atoms with Gasteiger partial charge in [-0.25, -0.2) is 13.9 Å². The predicted molar refractivity (Wildman–Crippen MR) is 131 cm³/mol. The summed E-state index contributed by atoms with van der Waals surface area (Å²) in [7, 11) is 1.53. The molecule has 0 saturated heterocycles. The van der Waals surface area contributed by atoms with Crippen LogP contribution in [0.15, 0.2) is 48.5 Å². The van der Waals surface area contributed by atoms with Gasteiger partial charge < -0.3 is 20.1 Å². The van der Waals surface area contributed by atoms with E-state index in [4.69, 9.17) is 9.47 Å². The second-order valence-electron chi connectivity index (χ2n) is 8.38. The lowest BCUT2D eigenvalue weighted by Crippen LogP contribution is -2.24. The van der Waals surface area contributed by atoms with Gasteiger partial charge >= 0.3 is 5.97 Å².